The molecule has 19 heavy (non-hydrogen) atoms. The Bertz CT molecular complexity index is 531. The summed E-state index contributed by atoms with van der Waals surface area (Å²) in [7, 11) is 0. The van der Waals surface area contributed by atoms with Crippen molar-refractivity contribution in [1.82, 2.24) is 10.3 Å². The zero-order valence-corrected chi connectivity index (χ0v) is 12.3. The van der Waals surface area contributed by atoms with Gasteiger partial charge >= 0.3 is 0 Å². The lowest BCUT2D eigenvalue weighted by molar-refractivity contribution is 0.545. The van der Waals surface area contributed by atoms with Crippen molar-refractivity contribution in [2.75, 3.05) is 6.54 Å². The van der Waals surface area contributed by atoms with Gasteiger partial charge in [0.15, 0.2) is 0 Å². The number of likely N-dealkylation sites (N-methyl/N-ethyl adjacent to an activating group) is 1. The van der Waals surface area contributed by atoms with Crippen molar-refractivity contribution in [2.24, 2.45) is 0 Å². The van der Waals surface area contributed by atoms with Crippen LogP contribution in [0.25, 0.3) is 0 Å². The Hall–Kier alpha value is -1.26. The molecule has 0 aliphatic rings. The van der Waals surface area contributed by atoms with E-state index in [1.54, 1.807) is 24.5 Å². The van der Waals surface area contributed by atoms with Crippen molar-refractivity contribution in [1.29, 1.82) is 0 Å². The number of benzene rings is 1. The quantitative estimate of drug-likeness (QED) is 0.903. The standard InChI is InChI=1S/C15H16BrFN2/c1-2-19-15(11-5-7-18-8-6-11)10-12-9-13(17)3-4-14(12)16/h3-9,15,19H,2,10H2,1H3. The van der Waals surface area contributed by atoms with Crippen LogP contribution >= 0.6 is 15.9 Å². The third-order valence-corrected chi connectivity index (χ3v) is 3.76. The van der Waals surface area contributed by atoms with E-state index >= 15 is 0 Å². The van der Waals surface area contributed by atoms with Crippen LogP contribution in [0.4, 0.5) is 4.39 Å². The molecule has 2 aromatic rings. The Morgan fingerprint density at radius 1 is 1.26 bits per heavy atom. The molecular weight excluding hydrogens is 307 g/mol. The van der Waals surface area contributed by atoms with Crippen LogP contribution in [0.1, 0.15) is 24.1 Å². The van der Waals surface area contributed by atoms with Gasteiger partial charge in [-0.15, -0.1) is 0 Å². The predicted molar refractivity (Wildman–Crippen MR) is 78.5 cm³/mol. The minimum Gasteiger partial charge on any atom is -0.310 e. The molecule has 0 aliphatic carbocycles. The summed E-state index contributed by atoms with van der Waals surface area (Å²) in [5.41, 5.74) is 2.12. The first kappa shape index (κ1) is 14.2. The van der Waals surface area contributed by atoms with E-state index in [9.17, 15) is 4.39 Å². The van der Waals surface area contributed by atoms with E-state index in [0.717, 1.165) is 28.6 Å². The summed E-state index contributed by atoms with van der Waals surface area (Å²) in [6, 6.07) is 8.92. The summed E-state index contributed by atoms with van der Waals surface area (Å²) < 4.78 is 14.3. The number of halogens is 2. The first-order valence-electron chi connectivity index (χ1n) is 6.28. The Kier molecular flexibility index (Phi) is 5.05. The molecule has 1 aromatic heterocycles. The van der Waals surface area contributed by atoms with E-state index in [-0.39, 0.29) is 11.9 Å². The highest BCUT2D eigenvalue weighted by atomic mass is 79.9. The molecule has 1 atom stereocenters. The van der Waals surface area contributed by atoms with Crippen molar-refractivity contribution in [3.8, 4) is 0 Å². The second kappa shape index (κ2) is 6.78. The molecule has 1 unspecified atom stereocenters. The van der Waals surface area contributed by atoms with Crippen molar-refractivity contribution >= 4 is 15.9 Å². The molecule has 100 valence electrons. The minimum absolute atomic E-state index is 0.158. The lowest BCUT2D eigenvalue weighted by Gasteiger charge is -2.19. The third-order valence-electron chi connectivity index (χ3n) is 2.99. The van der Waals surface area contributed by atoms with Gasteiger partial charge in [-0.2, -0.15) is 0 Å². The lowest BCUT2D eigenvalue weighted by Crippen LogP contribution is -2.23. The summed E-state index contributed by atoms with van der Waals surface area (Å²) in [6.45, 7) is 2.93. The number of hydrogen-bond donors (Lipinski definition) is 1. The summed E-state index contributed by atoms with van der Waals surface area (Å²) in [6.07, 6.45) is 4.29. The summed E-state index contributed by atoms with van der Waals surface area (Å²) in [4.78, 5) is 4.03. The van der Waals surface area contributed by atoms with Crippen molar-refractivity contribution in [3.05, 3.63) is 64.1 Å². The molecule has 0 saturated carbocycles. The smallest absolute Gasteiger partial charge is 0.123 e. The zero-order valence-electron chi connectivity index (χ0n) is 10.7. The first-order valence-corrected chi connectivity index (χ1v) is 7.07. The predicted octanol–water partition coefficient (Wildman–Crippen LogP) is 3.88. The van der Waals surface area contributed by atoms with Gasteiger partial charge in [-0.3, -0.25) is 4.98 Å². The number of nitrogens with zero attached hydrogens (tertiary/aromatic N) is 1. The molecule has 0 fully saturated rings. The van der Waals surface area contributed by atoms with Crippen LogP contribution in [0.15, 0.2) is 47.2 Å². The molecule has 0 radical (unpaired) electrons. The van der Waals surface area contributed by atoms with Gasteiger partial charge in [-0.25, -0.2) is 4.39 Å². The molecule has 1 heterocycles. The van der Waals surface area contributed by atoms with E-state index in [2.05, 4.69) is 33.2 Å². The van der Waals surface area contributed by atoms with E-state index in [0.29, 0.717) is 0 Å². The van der Waals surface area contributed by atoms with Gasteiger partial charge in [-0.05, 0) is 54.4 Å². The Balaban J connectivity index is 2.24. The molecule has 1 aromatic carbocycles. The molecule has 1 N–H and O–H groups in total. The first-order chi connectivity index (χ1) is 9.20. The number of hydrogen-bond acceptors (Lipinski definition) is 2. The van der Waals surface area contributed by atoms with Crippen LogP contribution in [0, 0.1) is 5.82 Å². The van der Waals surface area contributed by atoms with Crippen LogP contribution in [-0.2, 0) is 6.42 Å². The molecule has 0 saturated heterocycles. The van der Waals surface area contributed by atoms with E-state index in [1.807, 2.05) is 12.1 Å². The monoisotopic (exact) mass is 322 g/mol. The van der Waals surface area contributed by atoms with Crippen molar-refractivity contribution < 1.29 is 4.39 Å². The SMILES string of the molecule is CCNC(Cc1cc(F)ccc1Br)c1ccncc1. The van der Waals surface area contributed by atoms with Crippen LogP contribution in [-0.4, -0.2) is 11.5 Å². The van der Waals surface area contributed by atoms with E-state index in [1.165, 1.54) is 6.07 Å². The largest absolute Gasteiger partial charge is 0.310 e. The van der Waals surface area contributed by atoms with Gasteiger partial charge in [0, 0.05) is 22.9 Å². The fraction of sp³-hybridized carbons (Fsp3) is 0.267. The summed E-state index contributed by atoms with van der Waals surface area (Å²) in [5, 5.41) is 3.42. The van der Waals surface area contributed by atoms with Crippen LogP contribution < -0.4 is 5.32 Å². The van der Waals surface area contributed by atoms with E-state index in [4.69, 9.17) is 0 Å². The average molecular weight is 323 g/mol. The van der Waals surface area contributed by atoms with Crippen LogP contribution in [0.3, 0.4) is 0 Å². The Morgan fingerprint density at radius 2 is 2.00 bits per heavy atom. The normalized spacial score (nSPS) is 12.4. The Labute approximate surface area is 121 Å². The number of nitrogens with one attached hydrogen (secondary N) is 1. The van der Waals surface area contributed by atoms with E-state index < -0.39 is 0 Å². The van der Waals surface area contributed by atoms with Crippen LogP contribution in [0.5, 0.6) is 0 Å². The Morgan fingerprint density at radius 3 is 2.68 bits per heavy atom. The molecule has 2 rings (SSSR count). The molecule has 0 bridgehead atoms. The molecule has 0 amide bonds. The second-order valence-electron chi connectivity index (χ2n) is 4.33. The fourth-order valence-electron chi connectivity index (χ4n) is 2.07. The topological polar surface area (TPSA) is 24.9 Å². The van der Waals surface area contributed by atoms with Gasteiger partial charge < -0.3 is 5.32 Å². The van der Waals surface area contributed by atoms with Crippen LogP contribution in [0.2, 0.25) is 0 Å². The zero-order chi connectivity index (χ0) is 13.7. The van der Waals surface area contributed by atoms with Gasteiger partial charge in [0.2, 0.25) is 0 Å². The lowest BCUT2D eigenvalue weighted by atomic mass is 9.99. The number of rotatable bonds is 5. The fourth-order valence-corrected chi connectivity index (χ4v) is 2.48. The van der Waals surface area contributed by atoms with Crippen molar-refractivity contribution in [2.45, 2.75) is 19.4 Å². The second-order valence-corrected chi connectivity index (χ2v) is 5.19. The molecular formula is C15H16BrFN2. The molecule has 4 heteroatoms. The molecule has 2 nitrogen and oxygen atoms in total. The van der Waals surface area contributed by atoms with Gasteiger partial charge in [0.25, 0.3) is 0 Å². The minimum atomic E-state index is -0.205. The third kappa shape index (κ3) is 3.85. The maximum absolute atomic E-state index is 13.3. The summed E-state index contributed by atoms with van der Waals surface area (Å²) in [5.74, 6) is -0.205. The highest BCUT2D eigenvalue weighted by Crippen LogP contribution is 2.24. The van der Waals surface area contributed by atoms with Gasteiger partial charge in [-0.1, -0.05) is 22.9 Å². The van der Waals surface area contributed by atoms with Gasteiger partial charge in [0.1, 0.15) is 5.82 Å². The highest BCUT2D eigenvalue weighted by Gasteiger charge is 2.13. The maximum Gasteiger partial charge on any atom is 0.123 e. The molecule has 0 spiro atoms. The van der Waals surface area contributed by atoms with Crippen molar-refractivity contribution in [3.63, 3.8) is 0 Å². The average Bonchev–Trinajstić information content (AvgIpc) is 2.43. The molecule has 0 aliphatic heterocycles. The highest BCUT2D eigenvalue weighted by molar-refractivity contribution is 9.10. The van der Waals surface area contributed by atoms with Gasteiger partial charge in [0.05, 0.1) is 0 Å². The summed E-state index contributed by atoms with van der Waals surface area (Å²) >= 11 is 3.48. The maximum atomic E-state index is 13.3. The number of pyridine rings is 1. The number of aromatic nitrogens is 1.